The third-order valence-electron chi connectivity index (χ3n) is 4.32. The normalized spacial score (nSPS) is 20.3. The number of hydrogen-bond donors (Lipinski definition) is 1. The Bertz CT molecular complexity index is 689. The number of aromatic nitrogens is 3. The molecule has 1 fully saturated rings. The molecule has 1 amide bonds. The van der Waals surface area contributed by atoms with Gasteiger partial charge in [0.15, 0.2) is 6.61 Å². The van der Waals surface area contributed by atoms with Crippen LogP contribution in [0.1, 0.15) is 18.9 Å². The number of amides is 1. The Morgan fingerprint density at radius 2 is 2.25 bits per heavy atom. The lowest BCUT2D eigenvalue weighted by molar-refractivity contribution is -0.133. The van der Waals surface area contributed by atoms with Crippen molar-refractivity contribution in [3.8, 4) is 5.75 Å². The average Bonchev–Trinajstić information content (AvgIpc) is 3.23. The molecular weight excluding hydrogens is 308 g/mol. The first kappa shape index (κ1) is 16.4. The second-order valence-corrected chi connectivity index (χ2v) is 6.14. The lowest BCUT2D eigenvalue weighted by atomic mass is 10.0. The predicted molar refractivity (Wildman–Crippen MR) is 87.5 cm³/mol. The van der Waals surface area contributed by atoms with Crippen LogP contribution in [0.15, 0.2) is 36.7 Å². The number of nitrogens with zero attached hydrogens (tertiary/aromatic N) is 4. The first-order chi connectivity index (χ1) is 11.6. The Labute approximate surface area is 140 Å². The van der Waals surface area contributed by atoms with Gasteiger partial charge in [-0.2, -0.15) is 0 Å². The van der Waals surface area contributed by atoms with Crippen molar-refractivity contribution < 1.29 is 14.6 Å². The highest BCUT2D eigenvalue weighted by Gasteiger charge is 2.38. The van der Waals surface area contributed by atoms with Crippen molar-refractivity contribution in [2.24, 2.45) is 0 Å². The van der Waals surface area contributed by atoms with Crippen molar-refractivity contribution in [3.05, 3.63) is 42.2 Å². The van der Waals surface area contributed by atoms with Gasteiger partial charge in [0.2, 0.25) is 0 Å². The van der Waals surface area contributed by atoms with Gasteiger partial charge in [0.05, 0.1) is 19.3 Å². The van der Waals surface area contributed by atoms with E-state index in [4.69, 9.17) is 4.74 Å². The van der Waals surface area contributed by atoms with Gasteiger partial charge in [0, 0.05) is 12.7 Å². The zero-order chi connectivity index (χ0) is 17.0. The standard InChI is InChI=1S/C17H22N4O3/c1-2-14-5-3-4-6-15(14)24-11-16(22)20-9-7-17(23,12-20)13-21-10-8-18-19-21/h3-6,8,10,23H,2,7,9,11-13H2,1H3. The fourth-order valence-electron chi connectivity index (χ4n) is 2.98. The van der Waals surface area contributed by atoms with Crippen LogP contribution in [0.2, 0.25) is 0 Å². The summed E-state index contributed by atoms with van der Waals surface area (Å²) in [6, 6.07) is 7.72. The van der Waals surface area contributed by atoms with E-state index in [0.717, 1.165) is 17.7 Å². The van der Waals surface area contributed by atoms with Gasteiger partial charge in [-0.3, -0.25) is 4.79 Å². The lowest BCUT2D eigenvalue weighted by Gasteiger charge is -2.23. The molecule has 0 saturated carbocycles. The van der Waals surface area contributed by atoms with E-state index in [2.05, 4.69) is 17.2 Å². The second kappa shape index (κ2) is 7.00. The molecule has 0 aliphatic carbocycles. The summed E-state index contributed by atoms with van der Waals surface area (Å²) in [6.45, 7) is 3.16. The quantitative estimate of drug-likeness (QED) is 0.850. The molecule has 1 aliphatic heterocycles. The van der Waals surface area contributed by atoms with Crippen LogP contribution in [0.3, 0.4) is 0 Å². The van der Waals surface area contributed by atoms with Crippen molar-refractivity contribution in [1.29, 1.82) is 0 Å². The first-order valence-corrected chi connectivity index (χ1v) is 8.14. The molecular formula is C17H22N4O3. The Hall–Kier alpha value is -2.41. The summed E-state index contributed by atoms with van der Waals surface area (Å²) in [4.78, 5) is 14.0. The number of β-amino-alcohol motifs (C(OH)–C–C–N with tert-alkyl or cyclic N) is 1. The first-order valence-electron chi connectivity index (χ1n) is 8.14. The topological polar surface area (TPSA) is 80.5 Å². The van der Waals surface area contributed by atoms with Gasteiger partial charge in [0.1, 0.15) is 11.4 Å². The minimum Gasteiger partial charge on any atom is -0.483 e. The minimum absolute atomic E-state index is 0.0174. The maximum Gasteiger partial charge on any atom is 0.260 e. The molecule has 7 nitrogen and oxygen atoms in total. The maximum atomic E-state index is 12.4. The molecule has 0 radical (unpaired) electrons. The number of para-hydroxylation sites is 1. The summed E-state index contributed by atoms with van der Waals surface area (Å²) >= 11 is 0. The van der Waals surface area contributed by atoms with Crippen LogP contribution in [0.5, 0.6) is 5.75 Å². The number of rotatable bonds is 6. The molecule has 2 aromatic rings. The van der Waals surface area contributed by atoms with Gasteiger partial charge < -0.3 is 14.7 Å². The van der Waals surface area contributed by atoms with E-state index >= 15 is 0 Å². The third-order valence-corrected chi connectivity index (χ3v) is 4.32. The molecule has 2 heterocycles. The van der Waals surface area contributed by atoms with Crippen LogP contribution < -0.4 is 4.74 Å². The number of benzene rings is 1. The fourth-order valence-corrected chi connectivity index (χ4v) is 2.98. The van der Waals surface area contributed by atoms with Crippen LogP contribution in [-0.2, 0) is 17.8 Å². The molecule has 1 aromatic heterocycles. The fraction of sp³-hybridized carbons (Fsp3) is 0.471. The van der Waals surface area contributed by atoms with Gasteiger partial charge >= 0.3 is 0 Å². The van der Waals surface area contributed by atoms with Crippen molar-refractivity contribution in [1.82, 2.24) is 19.9 Å². The van der Waals surface area contributed by atoms with Gasteiger partial charge in [-0.1, -0.05) is 30.3 Å². The van der Waals surface area contributed by atoms with E-state index in [-0.39, 0.29) is 19.1 Å². The zero-order valence-corrected chi connectivity index (χ0v) is 13.8. The molecule has 1 saturated heterocycles. The molecule has 24 heavy (non-hydrogen) atoms. The summed E-state index contributed by atoms with van der Waals surface area (Å²) in [7, 11) is 0. The Morgan fingerprint density at radius 1 is 1.42 bits per heavy atom. The summed E-state index contributed by atoms with van der Waals surface area (Å²) in [5, 5.41) is 18.2. The molecule has 7 heteroatoms. The number of likely N-dealkylation sites (tertiary alicyclic amines) is 1. The SMILES string of the molecule is CCc1ccccc1OCC(=O)N1CCC(O)(Cn2ccnn2)C1. The molecule has 1 unspecified atom stereocenters. The second-order valence-electron chi connectivity index (χ2n) is 6.14. The van der Waals surface area contributed by atoms with E-state index in [9.17, 15) is 9.90 Å². The van der Waals surface area contributed by atoms with Crippen LogP contribution in [0, 0.1) is 0 Å². The maximum absolute atomic E-state index is 12.4. The largest absolute Gasteiger partial charge is 0.483 e. The molecule has 1 N–H and O–H groups in total. The number of aliphatic hydroxyl groups is 1. The monoisotopic (exact) mass is 330 g/mol. The van der Waals surface area contributed by atoms with Crippen molar-refractivity contribution in [2.45, 2.75) is 31.9 Å². The Balaban J connectivity index is 1.54. The number of carbonyl (C=O) groups excluding carboxylic acids is 1. The number of carbonyl (C=O) groups is 1. The van der Waals surface area contributed by atoms with Gasteiger partial charge in [-0.25, -0.2) is 4.68 Å². The summed E-state index contributed by atoms with van der Waals surface area (Å²) < 4.78 is 7.26. The Kier molecular flexibility index (Phi) is 4.80. The van der Waals surface area contributed by atoms with E-state index < -0.39 is 5.60 Å². The molecule has 128 valence electrons. The van der Waals surface area contributed by atoms with Gasteiger partial charge in [0.25, 0.3) is 5.91 Å². The third kappa shape index (κ3) is 3.73. The van der Waals surface area contributed by atoms with Crippen molar-refractivity contribution in [2.75, 3.05) is 19.7 Å². The van der Waals surface area contributed by atoms with Crippen LogP contribution in [0.25, 0.3) is 0 Å². The van der Waals surface area contributed by atoms with Gasteiger partial charge in [-0.05, 0) is 24.5 Å². The number of aryl methyl sites for hydroxylation is 1. The molecule has 3 rings (SSSR count). The molecule has 1 aliphatic rings. The number of hydrogen-bond acceptors (Lipinski definition) is 5. The summed E-state index contributed by atoms with van der Waals surface area (Å²) in [6.07, 6.45) is 4.64. The highest BCUT2D eigenvalue weighted by atomic mass is 16.5. The highest BCUT2D eigenvalue weighted by Crippen LogP contribution is 2.24. The van der Waals surface area contributed by atoms with E-state index in [0.29, 0.717) is 19.5 Å². The summed E-state index contributed by atoms with van der Waals surface area (Å²) in [5.41, 5.74) is 0.111. The van der Waals surface area contributed by atoms with E-state index in [1.165, 1.54) is 0 Å². The molecule has 1 atom stereocenters. The zero-order valence-electron chi connectivity index (χ0n) is 13.8. The van der Waals surface area contributed by atoms with Crippen LogP contribution in [0.4, 0.5) is 0 Å². The van der Waals surface area contributed by atoms with Crippen LogP contribution in [-0.4, -0.2) is 56.2 Å². The Morgan fingerprint density at radius 3 is 3.00 bits per heavy atom. The van der Waals surface area contributed by atoms with Crippen molar-refractivity contribution in [3.63, 3.8) is 0 Å². The molecule has 0 spiro atoms. The minimum atomic E-state index is -0.968. The smallest absolute Gasteiger partial charge is 0.260 e. The van der Waals surface area contributed by atoms with Gasteiger partial charge in [-0.15, -0.1) is 5.10 Å². The molecule has 1 aromatic carbocycles. The van der Waals surface area contributed by atoms with E-state index in [1.54, 1.807) is 22.0 Å². The van der Waals surface area contributed by atoms with E-state index in [1.807, 2.05) is 24.3 Å². The molecule has 0 bridgehead atoms. The highest BCUT2D eigenvalue weighted by molar-refractivity contribution is 5.78. The predicted octanol–water partition coefficient (Wildman–Crippen LogP) is 0.883. The summed E-state index contributed by atoms with van der Waals surface area (Å²) in [5.74, 6) is 0.626. The lowest BCUT2D eigenvalue weighted by Crippen LogP contribution is -2.40. The average molecular weight is 330 g/mol. The van der Waals surface area contributed by atoms with Crippen molar-refractivity contribution >= 4 is 5.91 Å². The van der Waals surface area contributed by atoms with Crippen LogP contribution >= 0.6 is 0 Å². The number of ether oxygens (including phenoxy) is 1.